The molecule has 1 amide bonds. The van der Waals surface area contributed by atoms with Crippen molar-refractivity contribution < 1.29 is 23.9 Å². The summed E-state index contributed by atoms with van der Waals surface area (Å²) in [7, 11) is 0. The standard InChI is InChI=1S/C26H23NO5/c28-15-14-24(25(29)31-16-18-8-2-1-3-9-18)27-26(30)32-17-23-21-12-6-4-10-19(21)20-11-5-7-13-22(20)23/h1-13,15,23-24H,14,16-17H2,(H,27,30). The molecule has 0 saturated heterocycles. The molecule has 3 aromatic rings. The summed E-state index contributed by atoms with van der Waals surface area (Å²) < 4.78 is 10.7. The largest absolute Gasteiger partial charge is 0.459 e. The van der Waals surface area contributed by atoms with Gasteiger partial charge in [0.05, 0.1) is 0 Å². The second kappa shape index (κ2) is 9.92. The van der Waals surface area contributed by atoms with Crippen LogP contribution in [0.25, 0.3) is 11.1 Å². The van der Waals surface area contributed by atoms with E-state index in [4.69, 9.17) is 9.47 Å². The summed E-state index contributed by atoms with van der Waals surface area (Å²) in [5, 5.41) is 2.46. The second-order valence-corrected chi connectivity index (χ2v) is 7.52. The predicted molar refractivity (Wildman–Crippen MR) is 119 cm³/mol. The van der Waals surface area contributed by atoms with E-state index in [1.165, 1.54) is 0 Å². The normalized spacial score (nSPS) is 12.9. The first-order chi connectivity index (χ1) is 15.7. The van der Waals surface area contributed by atoms with Crippen LogP contribution in [0.5, 0.6) is 0 Å². The number of alkyl carbamates (subject to hydrolysis) is 1. The molecule has 1 aliphatic carbocycles. The van der Waals surface area contributed by atoms with Gasteiger partial charge in [-0.3, -0.25) is 0 Å². The van der Waals surface area contributed by atoms with Crippen LogP contribution in [0.2, 0.25) is 0 Å². The zero-order valence-electron chi connectivity index (χ0n) is 17.4. The zero-order valence-corrected chi connectivity index (χ0v) is 17.4. The molecule has 0 heterocycles. The van der Waals surface area contributed by atoms with Crippen molar-refractivity contribution in [3.05, 3.63) is 95.6 Å². The van der Waals surface area contributed by atoms with Crippen molar-refractivity contribution in [1.29, 1.82) is 0 Å². The zero-order chi connectivity index (χ0) is 22.3. The van der Waals surface area contributed by atoms with Gasteiger partial charge in [0.1, 0.15) is 25.5 Å². The number of benzene rings is 3. The van der Waals surface area contributed by atoms with E-state index in [9.17, 15) is 14.4 Å². The van der Waals surface area contributed by atoms with Crippen LogP contribution in [0, 0.1) is 0 Å². The van der Waals surface area contributed by atoms with Crippen LogP contribution in [-0.2, 0) is 25.7 Å². The number of fused-ring (bicyclic) bond motifs is 3. The molecule has 1 unspecified atom stereocenters. The fraction of sp³-hybridized carbons (Fsp3) is 0.192. The van der Waals surface area contributed by atoms with E-state index in [0.717, 1.165) is 27.8 Å². The molecule has 0 aliphatic heterocycles. The number of hydrogen-bond donors (Lipinski definition) is 1. The first kappa shape index (κ1) is 21.3. The van der Waals surface area contributed by atoms with Gasteiger partial charge in [-0.15, -0.1) is 0 Å². The molecule has 0 saturated carbocycles. The Labute approximate surface area is 186 Å². The number of ether oxygens (including phenoxy) is 2. The lowest BCUT2D eigenvalue weighted by atomic mass is 9.98. The Morgan fingerprint density at radius 3 is 2.06 bits per heavy atom. The van der Waals surface area contributed by atoms with Crippen molar-refractivity contribution in [2.75, 3.05) is 6.61 Å². The van der Waals surface area contributed by atoms with Crippen molar-refractivity contribution in [2.45, 2.75) is 25.0 Å². The van der Waals surface area contributed by atoms with Crippen molar-refractivity contribution in [2.24, 2.45) is 0 Å². The van der Waals surface area contributed by atoms with Crippen LogP contribution in [0.15, 0.2) is 78.9 Å². The monoisotopic (exact) mass is 429 g/mol. The Balaban J connectivity index is 1.37. The summed E-state index contributed by atoms with van der Waals surface area (Å²) in [4.78, 5) is 35.8. The highest BCUT2D eigenvalue weighted by Crippen LogP contribution is 2.44. The van der Waals surface area contributed by atoms with Gasteiger partial charge in [-0.1, -0.05) is 78.9 Å². The SMILES string of the molecule is O=CCC(NC(=O)OCC1c2ccccc2-c2ccccc21)C(=O)OCc1ccccc1. The van der Waals surface area contributed by atoms with Crippen LogP contribution >= 0.6 is 0 Å². The minimum Gasteiger partial charge on any atom is -0.459 e. The molecule has 1 aliphatic rings. The predicted octanol–water partition coefficient (Wildman–Crippen LogP) is 4.23. The van der Waals surface area contributed by atoms with E-state index in [2.05, 4.69) is 17.4 Å². The van der Waals surface area contributed by atoms with Gasteiger partial charge in [-0.2, -0.15) is 0 Å². The molecular formula is C26H23NO5. The van der Waals surface area contributed by atoms with Gasteiger partial charge < -0.3 is 19.6 Å². The number of esters is 1. The number of amides is 1. The molecule has 4 rings (SSSR count). The van der Waals surface area contributed by atoms with Crippen molar-refractivity contribution in [3.8, 4) is 11.1 Å². The van der Waals surface area contributed by atoms with Crippen LogP contribution < -0.4 is 5.32 Å². The van der Waals surface area contributed by atoms with Gasteiger partial charge >= 0.3 is 12.1 Å². The molecule has 0 fully saturated rings. The summed E-state index contributed by atoms with van der Waals surface area (Å²) >= 11 is 0. The van der Waals surface area contributed by atoms with Crippen molar-refractivity contribution in [3.63, 3.8) is 0 Å². The first-order valence-electron chi connectivity index (χ1n) is 10.4. The lowest BCUT2D eigenvalue weighted by Crippen LogP contribution is -2.42. The smallest absolute Gasteiger partial charge is 0.407 e. The Hall–Kier alpha value is -3.93. The summed E-state index contributed by atoms with van der Waals surface area (Å²) in [6, 6.07) is 24.1. The minimum atomic E-state index is -1.10. The molecule has 1 atom stereocenters. The van der Waals surface area contributed by atoms with Crippen LogP contribution in [-0.4, -0.2) is 31.0 Å². The van der Waals surface area contributed by atoms with Crippen molar-refractivity contribution >= 4 is 18.3 Å². The van der Waals surface area contributed by atoms with E-state index >= 15 is 0 Å². The van der Waals surface area contributed by atoms with Crippen LogP contribution in [0.4, 0.5) is 4.79 Å². The summed E-state index contributed by atoms with van der Waals surface area (Å²) in [5.41, 5.74) is 5.24. The first-order valence-corrected chi connectivity index (χ1v) is 10.4. The fourth-order valence-electron chi connectivity index (χ4n) is 3.92. The highest BCUT2D eigenvalue weighted by molar-refractivity contribution is 5.84. The molecule has 162 valence electrons. The average molecular weight is 429 g/mol. The number of carbonyl (C=O) groups is 3. The highest BCUT2D eigenvalue weighted by atomic mass is 16.6. The van der Waals surface area contributed by atoms with Gasteiger partial charge in [0.2, 0.25) is 0 Å². The number of nitrogens with one attached hydrogen (secondary N) is 1. The summed E-state index contributed by atoms with van der Waals surface area (Å²) in [6.45, 7) is 0.175. The Morgan fingerprint density at radius 1 is 0.844 bits per heavy atom. The molecular weight excluding hydrogens is 406 g/mol. The van der Waals surface area contributed by atoms with E-state index in [-0.39, 0.29) is 25.6 Å². The second-order valence-electron chi connectivity index (χ2n) is 7.52. The molecule has 6 heteroatoms. The van der Waals surface area contributed by atoms with E-state index in [1.807, 2.05) is 66.7 Å². The highest BCUT2D eigenvalue weighted by Gasteiger charge is 2.30. The molecule has 6 nitrogen and oxygen atoms in total. The van der Waals surface area contributed by atoms with Crippen LogP contribution in [0.3, 0.4) is 0 Å². The molecule has 0 bridgehead atoms. The third kappa shape index (κ3) is 4.70. The molecule has 0 aromatic heterocycles. The van der Waals surface area contributed by atoms with Gasteiger partial charge in [-0.05, 0) is 27.8 Å². The maximum absolute atomic E-state index is 12.4. The summed E-state index contributed by atoms with van der Waals surface area (Å²) in [6.07, 6.45) is -0.397. The Bertz CT molecular complexity index is 1070. The molecule has 32 heavy (non-hydrogen) atoms. The molecule has 1 N–H and O–H groups in total. The lowest BCUT2D eigenvalue weighted by molar-refractivity contribution is -0.148. The van der Waals surface area contributed by atoms with Crippen molar-refractivity contribution in [1.82, 2.24) is 5.32 Å². The lowest BCUT2D eigenvalue weighted by Gasteiger charge is -2.18. The fourth-order valence-corrected chi connectivity index (χ4v) is 3.92. The maximum atomic E-state index is 12.4. The number of rotatable bonds is 8. The number of carbonyl (C=O) groups excluding carboxylic acids is 3. The third-order valence-corrected chi connectivity index (χ3v) is 5.48. The van der Waals surface area contributed by atoms with E-state index in [1.54, 1.807) is 0 Å². The molecule has 3 aromatic carbocycles. The minimum absolute atomic E-state index is 0.0569. The Morgan fingerprint density at radius 2 is 1.44 bits per heavy atom. The van der Waals surface area contributed by atoms with Gasteiger partial charge in [-0.25, -0.2) is 9.59 Å². The van der Waals surface area contributed by atoms with Gasteiger partial charge in [0, 0.05) is 12.3 Å². The maximum Gasteiger partial charge on any atom is 0.407 e. The van der Waals surface area contributed by atoms with Gasteiger partial charge in [0.25, 0.3) is 0 Å². The topological polar surface area (TPSA) is 81.7 Å². The number of aldehydes is 1. The third-order valence-electron chi connectivity index (χ3n) is 5.48. The molecule has 0 radical (unpaired) electrons. The van der Waals surface area contributed by atoms with Gasteiger partial charge in [0.15, 0.2) is 0 Å². The quantitative estimate of drug-likeness (QED) is 0.428. The Kier molecular flexibility index (Phi) is 6.60. The van der Waals surface area contributed by atoms with E-state index < -0.39 is 18.1 Å². The molecule has 0 spiro atoms. The number of hydrogen-bond acceptors (Lipinski definition) is 5. The van der Waals surface area contributed by atoms with E-state index in [0.29, 0.717) is 6.29 Å². The van der Waals surface area contributed by atoms with Crippen LogP contribution in [0.1, 0.15) is 29.0 Å². The summed E-state index contributed by atoms with van der Waals surface area (Å²) in [5.74, 6) is -0.780. The average Bonchev–Trinajstić information content (AvgIpc) is 3.15.